The first-order valence-electron chi connectivity index (χ1n) is 22.2. The van der Waals surface area contributed by atoms with Crippen molar-refractivity contribution in [2.75, 3.05) is 145 Å². The van der Waals surface area contributed by atoms with E-state index in [9.17, 15) is 33.6 Å². The number of unbranched alkanes of at least 4 members (excludes halogenated alkanes) is 1. The quantitative estimate of drug-likeness (QED) is 0.0341. The number of carbonyl (C=O) groups is 7. The van der Waals surface area contributed by atoms with Gasteiger partial charge in [0.2, 0.25) is 29.5 Å². The van der Waals surface area contributed by atoms with Crippen molar-refractivity contribution in [2.45, 2.75) is 79.2 Å². The van der Waals surface area contributed by atoms with Crippen LogP contribution in [0.3, 0.4) is 0 Å². The lowest BCUT2D eigenvalue weighted by Gasteiger charge is -2.18. The smallest absolute Gasteiger partial charge is 0.246 e. The average molecular weight is 921 g/mol. The van der Waals surface area contributed by atoms with Gasteiger partial charge in [-0.3, -0.25) is 33.6 Å². The first-order chi connectivity index (χ1) is 30.9. The number of hydrogen-bond acceptors (Lipinski definition) is 16. The number of carbonyl (C=O) groups excluding carboxylic acids is 7. The van der Waals surface area contributed by atoms with Crippen molar-refractivity contribution < 1.29 is 71.5 Å². The van der Waals surface area contributed by atoms with Gasteiger partial charge >= 0.3 is 0 Å². The molecule has 0 aromatic carbocycles. The molecule has 0 saturated carbocycles. The number of rotatable bonds is 45. The molecule has 0 radical (unpaired) electrons. The van der Waals surface area contributed by atoms with Crippen LogP contribution >= 0.6 is 0 Å². The fraction of sp³-hybridized carbons (Fsp3) is 0.791. The topological polar surface area (TPSA) is 266 Å². The van der Waals surface area contributed by atoms with E-state index in [1.54, 1.807) is 0 Å². The molecule has 21 nitrogen and oxygen atoms in total. The summed E-state index contributed by atoms with van der Waals surface area (Å²) in [7, 11) is 0. The van der Waals surface area contributed by atoms with Crippen LogP contribution in [-0.2, 0) is 71.5 Å². The Kier molecular flexibility index (Phi) is 45.7. The molecule has 0 aliphatic carbocycles. The maximum absolute atomic E-state index is 12.0. The fourth-order valence-corrected chi connectivity index (χ4v) is 4.87. The predicted molar refractivity (Wildman–Crippen MR) is 239 cm³/mol. The van der Waals surface area contributed by atoms with Crippen LogP contribution in [0.5, 0.6) is 0 Å². The van der Waals surface area contributed by atoms with E-state index >= 15 is 0 Å². The van der Waals surface area contributed by atoms with E-state index in [4.69, 9.17) is 37.9 Å². The van der Waals surface area contributed by atoms with Crippen molar-refractivity contribution >= 4 is 41.1 Å². The van der Waals surface area contributed by atoms with Gasteiger partial charge in [0.05, 0.1) is 85.8 Å². The molecular weight excluding hydrogens is 840 g/mol. The Hall–Kier alpha value is -3.93. The average Bonchev–Trinajstić information content (AvgIpc) is 3.25. The van der Waals surface area contributed by atoms with Gasteiger partial charge < -0.3 is 69.8 Å². The highest BCUT2D eigenvalue weighted by Crippen LogP contribution is 2.08. The second-order valence-corrected chi connectivity index (χ2v) is 13.9. The largest absolute Gasteiger partial charge is 0.377 e. The van der Waals surface area contributed by atoms with Gasteiger partial charge in [-0.05, 0) is 46.5 Å². The van der Waals surface area contributed by atoms with E-state index in [-0.39, 0.29) is 146 Å². The molecule has 21 heteroatoms. The van der Waals surface area contributed by atoms with Gasteiger partial charge in [-0.15, -0.1) is 0 Å². The Morgan fingerprint density at radius 1 is 0.406 bits per heavy atom. The first kappa shape index (κ1) is 62.2. The van der Waals surface area contributed by atoms with Gasteiger partial charge in [-0.2, -0.15) is 0 Å². The van der Waals surface area contributed by atoms with Crippen LogP contribution in [0.4, 0.5) is 0 Å². The summed E-state index contributed by atoms with van der Waals surface area (Å²) in [5, 5.41) is 16.8. The molecule has 0 aliphatic rings. The van der Waals surface area contributed by atoms with E-state index in [0.717, 1.165) is 24.8 Å². The summed E-state index contributed by atoms with van der Waals surface area (Å²) in [5.74, 6) is -1.16. The zero-order valence-electron chi connectivity index (χ0n) is 39.2. The molecule has 0 aliphatic heterocycles. The van der Waals surface area contributed by atoms with Gasteiger partial charge in [0, 0.05) is 51.6 Å². The van der Waals surface area contributed by atoms with Crippen molar-refractivity contribution in [1.82, 2.24) is 31.9 Å². The second-order valence-electron chi connectivity index (χ2n) is 13.9. The Morgan fingerprint density at radius 2 is 0.750 bits per heavy atom. The summed E-state index contributed by atoms with van der Waals surface area (Å²) >= 11 is 0. The molecule has 0 spiro atoms. The van der Waals surface area contributed by atoms with Crippen LogP contribution < -0.4 is 31.9 Å². The van der Waals surface area contributed by atoms with Gasteiger partial charge in [0.25, 0.3) is 0 Å². The van der Waals surface area contributed by atoms with E-state index < -0.39 is 0 Å². The third-order valence-electron chi connectivity index (χ3n) is 8.01. The van der Waals surface area contributed by atoms with Gasteiger partial charge in [-0.25, -0.2) is 0 Å². The van der Waals surface area contributed by atoms with Crippen LogP contribution in [0, 0.1) is 0 Å². The fourth-order valence-electron chi connectivity index (χ4n) is 4.87. The number of amides is 5. The van der Waals surface area contributed by atoms with Crippen LogP contribution in [-0.4, -0.2) is 192 Å². The molecule has 5 amide bonds. The molecule has 0 rings (SSSR count). The second kappa shape index (κ2) is 47.0. The zero-order chi connectivity index (χ0) is 47.9. The lowest BCUT2D eigenvalue weighted by atomic mass is 10.0. The Morgan fingerprint density at radius 3 is 1.11 bits per heavy atom. The minimum absolute atomic E-state index is 0.0534. The standard InChI is InChI=1S/C41H74N6O15.C2H6/c1-33(2)36(47-28-34(3)48)8-5-6-11-42-39(52)30-60-25-23-58-19-15-46-41(54)32-62-27-22-56-17-13-44-38(51)10-7-9-37(50)43-12-16-55-21-26-61-31-40(53)45-14-18-57-20-24-59-29-35(4)49;1-2/h36,47H,1,5-32H2,2-4H3,(H,42,52)(H,43,50)(H,44,51)(H,45,53)(H,46,54);1-2H3/t36-;/m0./s1. The van der Waals surface area contributed by atoms with Crippen molar-refractivity contribution in [3.63, 3.8) is 0 Å². The van der Waals surface area contributed by atoms with Crippen molar-refractivity contribution in [3.05, 3.63) is 12.2 Å². The van der Waals surface area contributed by atoms with Crippen molar-refractivity contribution in [2.24, 2.45) is 0 Å². The monoisotopic (exact) mass is 921 g/mol. The molecule has 0 saturated heterocycles. The highest BCUT2D eigenvalue weighted by Gasteiger charge is 2.10. The van der Waals surface area contributed by atoms with E-state index in [0.29, 0.717) is 65.5 Å². The number of ketones is 2. The predicted octanol–water partition coefficient (Wildman–Crippen LogP) is -0.221. The van der Waals surface area contributed by atoms with Crippen LogP contribution in [0.1, 0.15) is 73.1 Å². The number of nitrogens with one attached hydrogen (secondary N) is 6. The molecule has 0 bridgehead atoms. The molecule has 6 N–H and O–H groups in total. The lowest BCUT2D eigenvalue weighted by Crippen LogP contribution is -2.34. The van der Waals surface area contributed by atoms with Crippen LogP contribution in [0.15, 0.2) is 12.2 Å². The number of ether oxygens (including phenoxy) is 8. The number of Topliss-reactive ketones (excluding diaryl/α,β-unsaturated/α-hetero) is 2. The molecule has 0 heterocycles. The molecule has 0 fully saturated rings. The summed E-state index contributed by atoms with van der Waals surface area (Å²) in [4.78, 5) is 81.5. The highest BCUT2D eigenvalue weighted by molar-refractivity contribution is 5.79. The molecule has 64 heavy (non-hydrogen) atoms. The van der Waals surface area contributed by atoms with Crippen molar-refractivity contribution in [3.8, 4) is 0 Å². The lowest BCUT2D eigenvalue weighted by molar-refractivity contribution is -0.127. The van der Waals surface area contributed by atoms with Gasteiger partial charge in [0.15, 0.2) is 5.78 Å². The van der Waals surface area contributed by atoms with E-state index in [1.807, 2.05) is 20.8 Å². The van der Waals surface area contributed by atoms with Gasteiger partial charge in [-0.1, -0.05) is 26.0 Å². The molecule has 372 valence electrons. The maximum atomic E-state index is 12.0. The SMILES string of the molecule is C=C(C)[C@H](CCCCNC(=O)COCCOCCNC(=O)COCCOCCNC(=O)CCCC(=O)NCCOCCOCC(=O)NCCOCCOCC(C)=O)NCC(C)=O.CC. The zero-order valence-corrected chi connectivity index (χ0v) is 39.2. The summed E-state index contributed by atoms with van der Waals surface area (Å²) in [6, 6.07) is 0.0779. The molecule has 0 aromatic rings. The Balaban J connectivity index is 0. The Labute approximate surface area is 380 Å². The first-order valence-corrected chi connectivity index (χ1v) is 22.2. The van der Waals surface area contributed by atoms with Gasteiger partial charge in [0.1, 0.15) is 32.2 Å². The number of hydrogen-bond donors (Lipinski definition) is 6. The normalized spacial score (nSPS) is 11.1. The minimum Gasteiger partial charge on any atom is -0.377 e. The molecule has 0 unspecified atom stereocenters. The van der Waals surface area contributed by atoms with Crippen LogP contribution in [0.2, 0.25) is 0 Å². The highest BCUT2D eigenvalue weighted by atomic mass is 16.5. The van der Waals surface area contributed by atoms with Crippen LogP contribution in [0.25, 0.3) is 0 Å². The summed E-state index contributed by atoms with van der Waals surface area (Å²) in [6.07, 6.45) is 3.29. The third-order valence-corrected chi connectivity index (χ3v) is 8.01. The maximum Gasteiger partial charge on any atom is 0.246 e. The molecule has 0 aromatic heterocycles. The summed E-state index contributed by atoms with van der Waals surface area (Å²) in [6.45, 7) is 17.9. The minimum atomic E-state index is -0.300. The summed E-state index contributed by atoms with van der Waals surface area (Å²) < 4.78 is 42.4. The molecule has 1 atom stereocenters. The summed E-state index contributed by atoms with van der Waals surface area (Å²) in [5.41, 5.74) is 0.977. The third kappa shape index (κ3) is 47.5. The van der Waals surface area contributed by atoms with E-state index in [1.165, 1.54) is 13.8 Å². The van der Waals surface area contributed by atoms with E-state index in [2.05, 4.69) is 38.5 Å². The molecular formula is C43H80N6O15. The Bertz CT molecular complexity index is 1260. The van der Waals surface area contributed by atoms with Crippen molar-refractivity contribution in [1.29, 1.82) is 0 Å².